The first kappa shape index (κ1) is 9.39. The maximum absolute atomic E-state index is 10.5. The van der Waals surface area contributed by atoms with Crippen molar-refractivity contribution in [3.8, 4) is 0 Å². The van der Waals surface area contributed by atoms with E-state index in [1.165, 1.54) is 6.92 Å². The number of primary amides is 1. The molecule has 0 spiro atoms. The summed E-state index contributed by atoms with van der Waals surface area (Å²) in [5.41, 5.74) is 4.96. The van der Waals surface area contributed by atoms with Gasteiger partial charge in [0.2, 0.25) is 5.91 Å². The summed E-state index contributed by atoms with van der Waals surface area (Å²) in [5, 5.41) is 11.7. The number of nitrogens with one attached hydrogen (secondary N) is 1. The van der Waals surface area contributed by atoms with E-state index in [1.807, 2.05) is 6.92 Å². The lowest BCUT2D eigenvalue weighted by Gasteiger charge is -2.16. The predicted molar refractivity (Wildman–Crippen MR) is 38.3 cm³/mol. The van der Waals surface area contributed by atoms with Crippen LogP contribution in [-0.2, 0) is 4.79 Å². The number of carbonyl (C=O) groups excluding carboxylic acids is 1. The molecule has 4 N–H and O–H groups in total. The number of rotatable bonds is 4. The summed E-state index contributed by atoms with van der Waals surface area (Å²) in [6.07, 6.45) is -0.725. The molecule has 0 saturated carbocycles. The van der Waals surface area contributed by atoms with Gasteiger partial charge in [0.05, 0.1) is 6.10 Å². The van der Waals surface area contributed by atoms with Gasteiger partial charge in [0.15, 0.2) is 0 Å². The van der Waals surface area contributed by atoms with Crippen molar-refractivity contribution in [1.29, 1.82) is 0 Å². The molecule has 0 heterocycles. The lowest BCUT2D eigenvalue weighted by molar-refractivity contribution is -0.122. The Morgan fingerprint density at radius 3 is 2.40 bits per heavy atom. The fourth-order valence-electron chi connectivity index (χ4n) is 0.729. The van der Waals surface area contributed by atoms with Crippen molar-refractivity contribution in [2.45, 2.75) is 26.0 Å². The standard InChI is InChI=1S/C6H14N2O2/c1-3-8-5(4(2)9)6(7)10/h4-5,8-9H,3H2,1-2H3,(H2,7,10). The number of carbonyl (C=O) groups is 1. The van der Waals surface area contributed by atoms with Crippen molar-refractivity contribution in [3.63, 3.8) is 0 Å². The second kappa shape index (κ2) is 4.24. The highest BCUT2D eigenvalue weighted by Gasteiger charge is 2.18. The van der Waals surface area contributed by atoms with Gasteiger partial charge in [0.1, 0.15) is 6.04 Å². The summed E-state index contributed by atoms with van der Waals surface area (Å²) in [6, 6.07) is -0.620. The number of aliphatic hydroxyl groups is 1. The maximum atomic E-state index is 10.5. The average Bonchev–Trinajstić information content (AvgIpc) is 1.81. The zero-order chi connectivity index (χ0) is 8.15. The van der Waals surface area contributed by atoms with Crippen LogP contribution in [0.2, 0.25) is 0 Å². The molecule has 4 heteroatoms. The van der Waals surface area contributed by atoms with Crippen molar-refractivity contribution in [2.75, 3.05) is 6.54 Å². The van der Waals surface area contributed by atoms with Crippen LogP contribution in [0, 0.1) is 0 Å². The van der Waals surface area contributed by atoms with Crippen molar-refractivity contribution >= 4 is 5.91 Å². The Labute approximate surface area is 60.4 Å². The normalized spacial score (nSPS) is 16.3. The Morgan fingerprint density at radius 2 is 2.30 bits per heavy atom. The fraction of sp³-hybridized carbons (Fsp3) is 0.833. The van der Waals surface area contributed by atoms with Crippen LogP contribution in [0.1, 0.15) is 13.8 Å². The Balaban J connectivity index is 3.85. The molecule has 0 aromatic heterocycles. The first-order chi connectivity index (χ1) is 4.59. The van der Waals surface area contributed by atoms with Gasteiger partial charge in [0.25, 0.3) is 0 Å². The van der Waals surface area contributed by atoms with E-state index < -0.39 is 18.1 Å². The number of nitrogens with two attached hydrogens (primary N) is 1. The molecule has 10 heavy (non-hydrogen) atoms. The highest BCUT2D eigenvalue weighted by molar-refractivity contribution is 5.80. The Bertz CT molecular complexity index is 114. The van der Waals surface area contributed by atoms with Gasteiger partial charge in [-0.2, -0.15) is 0 Å². The van der Waals surface area contributed by atoms with E-state index in [0.717, 1.165) is 0 Å². The Hall–Kier alpha value is -0.610. The molecule has 0 bridgehead atoms. The van der Waals surface area contributed by atoms with Gasteiger partial charge >= 0.3 is 0 Å². The van der Waals surface area contributed by atoms with Gasteiger partial charge in [-0.25, -0.2) is 0 Å². The number of likely N-dealkylation sites (N-methyl/N-ethyl adjacent to an activating group) is 1. The number of hydrogen-bond donors (Lipinski definition) is 3. The minimum Gasteiger partial charge on any atom is -0.391 e. The van der Waals surface area contributed by atoms with Gasteiger partial charge in [-0.05, 0) is 13.5 Å². The van der Waals surface area contributed by atoms with Crippen molar-refractivity contribution in [3.05, 3.63) is 0 Å². The quantitative estimate of drug-likeness (QED) is 0.468. The van der Waals surface area contributed by atoms with E-state index in [0.29, 0.717) is 6.54 Å². The minimum atomic E-state index is -0.725. The molecule has 0 radical (unpaired) electrons. The monoisotopic (exact) mass is 146 g/mol. The highest BCUT2D eigenvalue weighted by atomic mass is 16.3. The third-order valence-electron chi connectivity index (χ3n) is 1.21. The van der Waals surface area contributed by atoms with Crippen molar-refractivity contribution in [1.82, 2.24) is 5.32 Å². The second-order valence-corrected chi connectivity index (χ2v) is 2.18. The van der Waals surface area contributed by atoms with Gasteiger partial charge in [0, 0.05) is 0 Å². The zero-order valence-corrected chi connectivity index (χ0v) is 6.29. The van der Waals surface area contributed by atoms with E-state index in [2.05, 4.69) is 5.32 Å². The summed E-state index contributed by atoms with van der Waals surface area (Å²) in [6.45, 7) is 3.99. The molecule has 0 aliphatic rings. The van der Waals surface area contributed by atoms with Crippen molar-refractivity contribution in [2.24, 2.45) is 5.73 Å². The van der Waals surface area contributed by atoms with Crippen LogP contribution in [0.4, 0.5) is 0 Å². The van der Waals surface area contributed by atoms with Gasteiger partial charge in [-0.15, -0.1) is 0 Å². The van der Waals surface area contributed by atoms with Crippen LogP contribution in [0.15, 0.2) is 0 Å². The largest absolute Gasteiger partial charge is 0.391 e. The average molecular weight is 146 g/mol. The molecule has 0 aliphatic carbocycles. The lowest BCUT2D eigenvalue weighted by atomic mass is 10.2. The lowest BCUT2D eigenvalue weighted by Crippen LogP contribution is -2.48. The zero-order valence-electron chi connectivity index (χ0n) is 6.29. The molecule has 0 rings (SSSR count). The molecule has 0 aliphatic heterocycles. The number of aliphatic hydroxyl groups excluding tert-OH is 1. The molecule has 0 aromatic carbocycles. The van der Waals surface area contributed by atoms with Gasteiger partial charge in [-0.1, -0.05) is 6.92 Å². The molecular weight excluding hydrogens is 132 g/mol. The third kappa shape index (κ3) is 2.80. The molecule has 0 saturated heterocycles. The van der Waals surface area contributed by atoms with E-state index in [4.69, 9.17) is 10.8 Å². The predicted octanol–water partition coefficient (Wildman–Crippen LogP) is -1.17. The summed E-state index contributed by atoms with van der Waals surface area (Å²) in [7, 11) is 0. The Kier molecular flexibility index (Phi) is 3.99. The third-order valence-corrected chi connectivity index (χ3v) is 1.21. The van der Waals surface area contributed by atoms with E-state index in [1.54, 1.807) is 0 Å². The summed E-state index contributed by atoms with van der Waals surface area (Å²) in [5.74, 6) is -0.517. The Morgan fingerprint density at radius 1 is 1.80 bits per heavy atom. The molecular formula is C6H14N2O2. The number of hydrogen-bond acceptors (Lipinski definition) is 3. The van der Waals surface area contributed by atoms with E-state index in [-0.39, 0.29) is 0 Å². The van der Waals surface area contributed by atoms with Crippen LogP contribution in [0.3, 0.4) is 0 Å². The molecule has 0 aromatic rings. The first-order valence-corrected chi connectivity index (χ1v) is 3.30. The van der Waals surface area contributed by atoms with Crippen LogP contribution in [0.25, 0.3) is 0 Å². The van der Waals surface area contributed by atoms with E-state index in [9.17, 15) is 4.79 Å². The topological polar surface area (TPSA) is 75.3 Å². The van der Waals surface area contributed by atoms with Crippen molar-refractivity contribution < 1.29 is 9.90 Å². The SMILES string of the molecule is CCNC(C(N)=O)C(C)O. The van der Waals surface area contributed by atoms with Crippen LogP contribution in [-0.4, -0.2) is 29.7 Å². The summed E-state index contributed by atoms with van der Waals surface area (Å²) < 4.78 is 0. The molecule has 60 valence electrons. The van der Waals surface area contributed by atoms with Crippen LogP contribution in [0.5, 0.6) is 0 Å². The molecule has 1 amide bonds. The molecule has 0 fully saturated rings. The first-order valence-electron chi connectivity index (χ1n) is 3.30. The molecule has 2 atom stereocenters. The van der Waals surface area contributed by atoms with Gasteiger partial charge < -0.3 is 16.2 Å². The fourth-order valence-corrected chi connectivity index (χ4v) is 0.729. The maximum Gasteiger partial charge on any atom is 0.237 e. The summed E-state index contributed by atoms with van der Waals surface area (Å²) >= 11 is 0. The molecule has 4 nitrogen and oxygen atoms in total. The minimum absolute atomic E-state index is 0.517. The van der Waals surface area contributed by atoms with Gasteiger partial charge in [-0.3, -0.25) is 4.79 Å². The number of amides is 1. The smallest absolute Gasteiger partial charge is 0.237 e. The summed E-state index contributed by atoms with van der Waals surface area (Å²) in [4.78, 5) is 10.5. The van der Waals surface area contributed by atoms with E-state index >= 15 is 0 Å². The van der Waals surface area contributed by atoms with Crippen LogP contribution < -0.4 is 11.1 Å². The van der Waals surface area contributed by atoms with Crippen LogP contribution >= 0.6 is 0 Å². The molecule has 2 unspecified atom stereocenters. The second-order valence-electron chi connectivity index (χ2n) is 2.18. The highest BCUT2D eigenvalue weighted by Crippen LogP contribution is 1.89.